The maximum absolute atomic E-state index is 6.03. The average Bonchev–Trinajstić information content (AvgIpc) is 3.36. The third-order valence-electron chi connectivity index (χ3n) is 5.27. The highest BCUT2D eigenvalue weighted by Crippen LogP contribution is 2.38. The fourth-order valence-electron chi connectivity index (χ4n) is 3.64. The van der Waals surface area contributed by atoms with Crippen LogP contribution < -0.4 is 0 Å². The van der Waals surface area contributed by atoms with Gasteiger partial charge in [-0.25, -0.2) is 0 Å². The third kappa shape index (κ3) is 4.11. The maximum atomic E-state index is 6.03. The molecule has 3 heterocycles. The van der Waals surface area contributed by atoms with E-state index in [2.05, 4.69) is 15.0 Å². The zero-order chi connectivity index (χ0) is 15.5. The van der Waals surface area contributed by atoms with E-state index < -0.39 is 0 Å². The monoisotopic (exact) mass is 321 g/mol. The van der Waals surface area contributed by atoms with Crippen molar-refractivity contribution in [2.75, 3.05) is 32.9 Å². The van der Waals surface area contributed by atoms with Gasteiger partial charge in [-0.3, -0.25) is 0 Å². The van der Waals surface area contributed by atoms with Crippen LogP contribution in [0.3, 0.4) is 0 Å². The van der Waals surface area contributed by atoms with E-state index in [1.165, 1.54) is 25.7 Å². The number of rotatable bonds is 6. The molecule has 128 valence electrons. The molecule has 0 amide bonds. The summed E-state index contributed by atoms with van der Waals surface area (Å²) in [5.41, 5.74) is 0. The summed E-state index contributed by atoms with van der Waals surface area (Å²) in [7, 11) is 0. The van der Waals surface area contributed by atoms with Gasteiger partial charge >= 0.3 is 0 Å². The largest absolute Gasteiger partial charge is 0.381 e. The van der Waals surface area contributed by atoms with Crippen molar-refractivity contribution in [3.8, 4) is 0 Å². The van der Waals surface area contributed by atoms with Crippen LogP contribution in [0.15, 0.2) is 4.52 Å². The quantitative estimate of drug-likeness (QED) is 0.800. The van der Waals surface area contributed by atoms with Gasteiger partial charge in [0.25, 0.3) is 0 Å². The van der Waals surface area contributed by atoms with Crippen molar-refractivity contribution in [3.05, 3.63) is 11.7 Å². The van der Waals surface area contributed by atoms with E-state index in [0.717, 1.165) is 63.3 Å². The summed E-state index contributed by atoms with van der Waals surface area (Å²) in [6, 6.07) is 0.727. The summed E-state index contributed by atoms with van der Waals surface area (Å²) >= 11 is 0. The van der Waals surface area contributed by atoms with Crippen molar-refractivity contribution in [1.82, 2.24) is 15.0 Å². The highest BCUT2D eigenvalue weighted by atomic mass is 16.5. The minimum atomic E-state index is 0.390. The lowest BCUT2D eigenvalue weighted by atomic mass is 10.0. The van der Waals surface area contributed by atoms with E-state index in [4.69, 9.17) is 14.0 Å². The van der Waals surface area contributed by atoms with Gasteiger partial charge in [-0.1, -0.05) is 5.16 Å². The van der Waals surface area contributed by atoms with Crippen LogP contribution in [0.4, 0.5) is 0 Å². The number of aromatic nitrogens is 2. The predicted molar refractivity (Wildman–Crippen MR) is 84.4 cm³/mol. The van der Waals surface area contributed by atoms with E-state index in [0.29, 0.717) is 18.6 Å². The van der Waals surface area contributed by atoms with Crippen molar-refractivity contribution in [2.45, 2.75) is 63.0 Å². The summed E-state index contributed by atoms with van der Waals surface area (Å²) in [4.78, 5) is 7.08. The predicted octanol–water partition coefficient (Wildman–Crippen LogP) is 2.15. The summed E-state index contributed by atoms with van der Waals surface area (Å²) in [5, 5.41) is 4.05. The molecule has 0 aromatic carbocycles. The smallest absolute Gasteiger partial charge is 0.229 e. The number of likely N-dealkylation sites (tertiary alicyclic amines) is 1. The first-order valence-electron chi connectivity index (χ1n) is 9.14. The summed E-state index contributed by atoms with van der Waals surface area (Å²) in [6.45, 7) is 4.86. The second kappa shape index (κ2) is 7.28. The van der Waals surface area contributed by atoms with Gasteiger partial charge < -0.3 is 18.9 Å². The molecule has 23 heavy (non-hydrogen) atoms. The van der Waals surface area contributed by atoms with Gasteiger partial charge in [-0.05, 0) is 38.5 Å². The van der Waals surface area contributed by atoms with Crippen LogP contribution in [-0.2, 0) is 15.9 Å². The van der Waals surface area contributed by atoms with Crippen molar-refractivity contribution in [3.63, 3.8) is 0 Å². The topological polar surface area (TPSA) is 60.6 Å². The van der Waals surface area contributed by atoms with Crippen LogP contribution in [0.2, 0.25) is 0 Å². The summed E-state index contributed by atoms with van der Waals surface area (Å²) < 4.78 is 16.8. The van der Waals surface area contributed by atoms with Gasteiger partial charge in [0.2, 0.25) is 5.89 Å². The molecular formula is C17H27N3O3. The Hall–Kier alpha value is -0.980. The fourth-order valence-corrected chi connectivity index (χ4v) is 3.64. The third-order valence-corrected chi connectivity index (χ3v) is 5.27. The average molecular weight is 321 g/mol. The standard InChI is InChI=1S/C17H27N3O3/c1-2-13(1)17-18-16(19-23-17)7-12-22-15-3-8-20(9-4-15)14-5-10-21-11-6-14/h13-15H,1-12H2. The first-order chi connectivity index (χ1) is 11.4. The minimum Gasteiger partial charge on any atom is -0.381 e. The Kier molecular flexibility index (Phi) is 4.92. The number of hydrogen-bond acceptors (Lipinski definition) is 6. The summed E-state index contributed by atoms with van der Waals surface area (Å²) in [5.74, 6) is 2.16. The Bertz CT molecular complexity index is 489. The van der Waals surface area contributed by atoms with Crippen molar-refractivity contribution < 1.29 is 14.0 Å². The van der Waals surface area contributed by atoms with Gasteiger partial charge in [-0.2, -0.15) is 4.98 Å². The van der Waals surface area contributed by atoms with Crippen LogP contribution in [-0.4, -0.2) is 60.1 Å². The Labute approximate surface area is 137 Å². The van der Waals surface area contributed by atoms with Crippen molar-refractivity contribution in [1.29, 1.82) is 0 Å². The molecule has 2 aliphatic heterocycles. The lowest BCUT2D eigenvalue weighted by Crippen LogP contribution is -2.45. The highest BCUT2D eigenvalue weighted by Gasteiger charge is 2.30. The van der Waals surface area contributed by atoms with Gasteiger partial charge in [0, 0.05) is 44.7 Å². The number of piperidine rings is 1. The molecule has 0 unspecified atom stereocenters. The molecule has 4 rings (SSSR count). The van der Waals surface area contributed by atoms with E-state index >= 15 is 0 Å². The van der Waals surface area contributed by atoms with Gasteiger partial charge in [0.1, 0.15) is 0 Å². The molecule has 0 radical (unpaired) electrons. The molecule has 1 saturated carbocycles. The second-order valence-corrected chi connectivity index (χ2v) is 7.02. The first-order valence-corrected chi connectivity index (χ1v) is 9.14. The van der Waals surface area contributed by atoms with E-state index in [9.17, 15) is 0 Å². The summed E-state index contributed by atoms with van der Waals surface area (Å²) in [6.07, 6.45) is 8.19. The molecule has 3 fully saturated rings. The van der Waals surface area contributed by atoms with E-state index in [1.54, 1.807) is 0 Å². The fraction of sp³-hybridized carbons (Fsp3) is 0.882. The molecule has 6 nitrogen and oxygen atoms in total. The second-order valence-electron chi connectivity index (χ2n) is 7.02. The van der Waals surface area contributed by atoms with E-state index in [-0.39, 0.29) is 0 Å². The first kappa shape index (κ1) is 15.5. The Morgan fingerprint density at radius 3 is 2.57 bits per heavy atom. The molecule has 2 saturated heterocycles. The Morgan fingerprint density at radius 2 is 1.83 bits per heavy atom. The van der Waals surface area contributed by atoms with Crippen LogP contribution >= 0.6 is 0 Å². The van der Waals surface area contributed by atoms with Crippen LogP contribution in [0, 0.1) is 0 Å². The molecule has 0 bridgehead atoms. The molecule has 0 N–H and O–H groups in total. The molecule has 3 aliphatic rings. The molecule has 0 spiro atoms. The Balaban J connectivity index is 1.14. The van der Waals surface area contributed by atoms with Crippen molar-refractivity contribution >= 4 is 0 Å². The van der Waals surface area contributed by atoms with Gasteiger partial charge in [0.05, 0.1) is 12.7 Å². The zero-order valence-corrected chi connectivity index (χ0v) is 13.8. The lowest BCUT2D eigenvalue weighted by Gasteiger charge is -2.39. The lowest BCUT2D eigenvalue weighted by molar-refractivity contribution is -0.0217. The van der Waals surface area contributed by atoms with Gasteiger partial charge in [-0.15, -0.1) is 0 Å². The zero-order valence-electron chi connectivity index (χ0n) is 13.8. The normalized spacial score (nSPS) is 25.0. The molecule has 1 aliphatic carbocycles. The SMILES string of the molecule is C1CC(N2CCC(OCCc3noc(C4CC4)n3)CC2)CCO1. The van der Waals surface area contributed by atoms with E-state index in [1.807, 2.05) is 0 Å². The minimum absolute atomic E-state index is 0.390. The van der Waals surface area contributed by atoms with Gasteiger partial charge in [0.15, 0.2) is 5.82 Å². The van der Waals surface area contributed by atoms with Crippen LogP contribution in [0.1, 0.15) is 56.2 Å². The van der Waals surface area contributed by atoms with Crippen molar-refractivity contribution in [2.24, 2.45) is 0 Å². The highest BCUT2D eigenvalue weighted by molar-refractivity contribution is 5.01. The van der Waals surface area contributed by atoms with Crippen LogP contribution in [0.5, 0.6) is 0 Å². The maximum Gasteiger partial charge on any atom is 0.229 e. The molecular weight excluding hydrogens is 294 g/mol. The molecule has 0 atom stereocenters. The Morgan fingerprint density at radius 1 is 1.04 bits per heavy atom. The molecule has 1 aromatic rings. The molecule has 1 aromatic heterocycles. The molecule has 6 heteroatoms. The van der Waals surface area contributed by atoms with Crippen LogP contribution in [0.25, 0.3) is 0 Å². The number of hydrogen-bond donors (Lipinski definition) is 0. The number of nitrogens with zero attached hydrogens (tertiary/aromatic N) is 3. The number of ether oxygens (including phenoxy) is 2.